The highest BCUT2D eigenvalue weighted by Gasteiger charge is 2.28. The third kappa shape index (κ3) is 5.55. The van der Waals surface area contributed by atoms with E-state index in [2.05, 4.69) is 4.74 Å². The van der Waals surface area contributed by atoms with E-state index in [1.165, 1.54) is 23.5 Å². The molecule has 8 heteroatoms. The molecule has 0 amide bonds. The van der Waals surface area contributed by atoms with Gasteiger partial charge < -0.3 is 14.2 Å². The lowest BCUT2D eigenvalue weighted by atomic mass is 10.2. The zero-order valence-electron chi connectivity index (χ0n) is 14.4. The normalized spacial score (nSPS) is 11.7. The first-order valence-electron chi connectivity index (χ1n) is 7.82. The summed E-state index contributed by atoms with van der Waals surface area (Å²) < 4.78 is 42.4. The number of hydrogen-bond acceptors (Lipinski definition) is 6. The summed E-state index contributed by atoms with van der Waals surface area (Å²) in [5, 5.41) is 0. The first-order chi connectivity index (χ1) is 11.5. The zero-order chi connectivity index (χ0) is 18.0. The van der Waals surface area contributed by atoms with E-state index in [1.54, 1.807) is 12.1 Å². The molecule has 0 atom stereocenters. The van der Waals surface area contributed by atoms with Crippen molar-refractivity contribution >= 4 is 16.0 Å². The summed E-state index contributed by atoms with van der Waals surface area (Å²) in [5.41, 5.74) is 0.0119. The minimum absolute atomic E-state index is 0.0119. The molecule has 1 rings (SSSR count). The average Bonchev–Trinajstić information content (AvgIpc) is 2.59. The number of carbonyl (C=O) groups excluding carboxylic acids is 1. The number of methoxy groups -OCH3 is 1. The van der Waals surface area contributed by atoms with Gasteiger partial charge in [-0.25, -0.2) is 13.2 Å². The third-order valence-electron chi connectivity index (χ3n) is 3.29. The number of nitrogens with zero attached hydrogens (tertiary/aromatic N) is 1. The van der Waals surface area contributed by atoms with Crippen molar-refractivity contribution in [1.82, 2.24) is 4.31 Å². The van der Waals surface area contributed by atoms with Crippen LogP contribution in [-0.4, -0.2) is 65.3 Å². The Morgan fingerprint density at radius 3 is 2.08 bits per heavy atom. The molecule has 0 spiro atoms. The van der Waals surface area contributed by atoms with Crippen molar-refractivity contribution in [3.63, 3.8) is 0 Å². The van der Waals surface area contributed by atoms with Crippen molar-refractivity contribution in [3.05, 3.63) is 29.8 Å². The molecule has 0 unspecified atom stereocenters. The van der Waals surface area contributed by atoms with Crippen LogP contribution in [0.3, 0.4) is 0 Å². The summed E-state index contributed by atoms with van der Waals surface area (Å²) >= 11 is 0. The molecular weight excluding hydrogens is 334 g/mol. The first-order valence-corrected chi connectivity index (χ1v) is 9.26. The monoisotopic (exact) mass is 359 g/mol. The van der Waals surface area contributed by atoms with E-state index < -0.39 is 16.0 Å². The van der Waals surface area contributed by atoms with Crippen molar-refractivity contribution < 1.29 is 27.4 Å². The molecule has 0 saturated carbocycles. The predicted octanol–water partition coefficient (Wildman–Crippen LogP) is 1.54. The molecule has 24 heavy (non-hydrogen) atoms. The van der Waals surface area contributed by atoms with Crippen molar-refractivity contribution in [2.45, 2.75) is 18.7 Å². The SMILES string of the molecule is CCOCCN(CCOCC)S(=O)(=O)c1ccccc1C(=O)OC. The maximum Gasteiger partial charge on any atom is 0.339 e. The Balaban J connectivity index is 3.12. The highest BCUT2D eigenvalue weighted by atomic mass is 32.2. The fourth-order valence-corrected chi connectivity index (χ4v) is 3.67. The summed E-state index contributed by atoms with van der Waals surface area (Å²) in [4.78, 5) is 11.8. The van der Waals surface area contributed by atoms with Gasteiger partial charge in [0.25, 0.3) is 0 Å². The second-order valence-corrected chi connectivity index (χ2v) is 6.69. The molecule has 0 radical (unpaired) electrons. The maximum atomic E-state index is 13.0. The Kier molecular flexibility index (Phi) is 8.91. The fraction of sp³-hybridized carbons (Fsp3) is 0.562. The highest BCUT2D eigenvalue weighted by Crippen LogP contribution is 2.21. The summed E-state index contributed by atoms with van der Waals surface area (Å²) in [7, 11) is -2.66. The molecule has 1 aromatic carbocycles. The first kappa shape index (κ1) is 20.6. The van der Waals surface area contributed by atoms with Gasteiger partial charge >= 0.3 is 5.97 Å². The molecule has 0 fully saturated rings. The van der Waals surface area contributed by atoms with Gasteiger partial charge in [-0.05, 0) is 26.0 Å². The molecule has 1 aromatic rings. The minimum atomic E-state index is -3.88. The van der Waals surface area contributed by atoms with Gasteiger partial charge in [0.1, 0.15) is 0 Å². The van der Waals surface area contributed by atoms with E-state index in [-0.39, 0.29) is 36.8 Å². The standard InChI is InChI=1S/C16H25NO6S/c1-4-22-12-10-17(11-13-23-5-2)24(19,20)15-9-7-6-8-14(15)16(18)21-3/h6-9H,4-5,10-13H2,1-3H3. The summed E-state index contributed by atoms with van der Waals surface area (Å²) in [6.45, 7) is 5.56. The minimum Gasteiger partial charge on any atom is -0.465 e. The van der Waals surface area contributed by atoms with Gasteiger partial charge in [-0.2, -0.15) is 4.31 Å². The number of benzene rings is 1. The Labute approximate surface area is 143 Å². The van der Waals surface area contributed by atoms with Gasteiger partial charge in [0, 0.05) is 26.3 Å². The number of sulfonamides is 1. The predicted molar refractivity (Wildman–Crippen MR) is 89.5 cm³/mol. The van der Waals surface area contributed by atoms with Crippen LogP contribution in [0.5, 0.6) is 0 Å². The number of rotatable bonds is 11. The highest BCUT2D eigenvalue weighted by molar-refractivity contribution is 7.89. The van der Waals surface area contributed by atoms with E-state index in [4.69, 9.17) is 9.47 Å². The van der Waals surface area contributed by atoms with Crippen LogP contribution in [0.25, 0.3) is 0 Å². The number of ether oxygens (including phenoxy) is 3. The lowest BCUT2D eigenvalue weighted by Gasteiger charge is -2.23. The number of carbonyl (C=O) groups is 1. The smallest absolute Gasteiger partial charge is 0.339 e. The van der Waals surface area contributed by atoms with Crippen molar-refractivity contribution in [2.75, 3.05) is 46.6 Å². The summed E-state index contributed by atoms with van der Waals surface area (Å²) in [6, 6.07) is 6.00. The van der Waals surface area contributed by atoms with Gasteiger partial charge in [-0.3, -0.25) is 0 Å². The van der Waals surface area contributed by atoms with Gasteiger partial charge in [0.15, 0.2) is 0 Å². The summed E-state index contributed by atoms with van der Waals surface area (Å²) in [5.74, 6) is -0.691. The topological polar surface area (TPSA) is 82.1 Å². The zero-order valence-corrected chi connectivity index (χ0v) is 15.2. The molecule has 0 N–H and O–H groups in total. The molecule has 0 aliphatic rings. The van der Waals surface area contributed by atoms with Gasteiger partial charge in [0.2, 0.25) is 10.0 Å². The van der Waals surface area contributed by atoms with Gasteiger partial charge in [-0.1, -0.05) is 12.1 Å². The average molecular weight is 359 g/mol. The molecule has 0 saturated heterocycles. The number of esters is 1. The molecule has 0 bridgehead atoms. The van der Waals surface area contributed by atoms with Gasteiger partial charge in [0.05, 0.1) is 30.8 Å². The van der Waals surface area contributed by atoms with E-state index in [1.807, 2.05) is 13.8 Å². The van der Waals surface area contributed by atoms with Crippen LogP contribution in [0.2, 0.25) is 0 Å². The lowest BCUT2D eigenvalue weighted by molar-refractivity contribution is 0.0596. The van der Waals surface area contributed by atoms with Crippen LogP contribution in [0.15, 0.2) is 29.2 Å². The molecule has 0 aromatic heterocycles. The molecule has 0 heterocycles. The van der Waals surface area contributed by atoms with Crippen molar-refractivity contribution in [2.24, 2.45) is 0 Å². The Bertz CT molecular complexity index is 607. The lowest BCUT2D eigenvalue weighted by Crippen LogP contribution is -2.37. The second-order valence-electron chi connectivity index (χ2n) is 4.79. The Morgan fingerprint density at radius 1 is 1.04 bits per heavy atom. The van der Waals surface area contributed by atoms with E-state index in [0.29, 0.717) is 13.2 Å². The quantitative estimate of drug-likeness (QED) is 0.440. The largest absolute Gasteiger partial charge is 0.465 e. The van der Waals surface area contributed by atoms with Crippen LogP contribution in [0.1, 0.15) is 24.2 Å². The van der Waals surface area contributed by atoms with Gasteiger partial charge in [-0.15, -0.1) is 0 Å². The molecule has 0 aliphatic carbocycles. The second kappa shape index (κ2) is 10.4. The maximum absolute atomic E-state index is 13.0. The molecule has 136 valence electrons. The van der Waals surface area contributed by atoms with E-state index in [9.17, 15) is 13.2 Å². The van der Waals surface area contributed by atoms with E-state index >= 15 is 0 Å². The van der Waals surface area contributed by atoms with Crippen LogP contribution in [0, 0.1) is 0 Å². The van der Waals surface area contributed by atoms with Crippen LogP contribution in [0.4, 0.5) is 0 Å². The molecule has 0 aliphatic heterocycles. The van der Waals surface area contributed by atoms with E-state index in [0.717, 1.165) is 0 Å². The van der Waals surface area contributed by atoms with Crippen LogP contribution in [-0.2, 0) is 24.2 Å². The fourth-order valence-electron chi connectivity index (χ4n) is 2.08. The van der Waals surface area contributed by atoms with Crippen LogP contribution >= 0.6 is 0 Å². The Hall–Kier alpha value is -1.48. The third-order valence-corrected chi connectivity index (χ3v) is 5.25. The number of hydrogen-bond donors (Lipinski definition) is 0. The molecule has 7 nitrogen and oxygen atoms in total. The van der Waals surface area contributed by atoms with Crippen molar-refractivity contribution in [1.29, 1.82) is 0 Å². The van der Waals surface area contributed by atoms with Crippen molar-refractivity contribution in [3.8, 4) is 0 Å². The van der Waals surface area contributed by atoms with Crippen LogP contribution < -0.4 is 0 Å². The Morgan fingerprint density at radius 2 is 1.58 bits per heavy atom. The summed E-state index contributed by atoms with van der Waals surface area (Å²) in [6.07, 6.45) is 0. The molecular formula is C16H25NO6S.